The molecule has 1 unspecified atom stereocenters. The van der Waals surface area contributed by atoms with Crippen LogP contribution in [-0.2, 0) is 13.1 Å². The molecule has 2 aliphatic heterocycles. The third-order valence-corrected chi connectivity index (χ3v) is 5.74. The lowest BCUT2D eigenvalue weighted by molar-refractivity contribution is 0.216. The predicted molar refractivity (Wildman–Crippen MR) is 90.8 cm³/mol. The Kier molecular flexibility index (Phi) is 5.33. The van der Waals surface area contributed by atoms with Crippen LogP contribution in [0.2, 0.25) is 0 Å². The molecule has 1 N–H and O–H groups in total. The maximum absolute atomic E-state index is 3.51. The standard InChI is InChI=1S/C17H29N3S/c1-14(2)18-11-16-6-7-17(21-16)13-19-8-4-10-20-9-3-5-15(20)12-19/h6-7,14-15,18H,3-5,8-13H2,1-2H3. The number of thiophene rings is 1. The summed E-state index contributed by atoms with van der Waals surface area (Å²) in [7, 11) is 0. The number of hydrogen-bond acceptors (Lipinski definition) is 4. The Hall–Kier alpha value is -0.420. The summed E-state index contributed by atoms with van der Waals surface area (Å²) in [6.45, 7) is 11.8. The highest BCUT2D eigenvalue weighted by Crippen LogP contribution is 2.24. The van der Waals surface area contributed by atoms with Gasteiger partial charge in [0.25, 0.3) is 0 Å². The Balaban J connectivity index is 1.53. The summed E-state index contributed by atoms with van der Waals surface area (Å²) in [5, 5.41) is 3.51. The minimum atomic E-state index is 0.564. The molecule has 1 aromatic rings. The molecule has 0 saturated carbocycles. The molecule has 1 aromatic heterocycles. The van der Waals surface area contributed by atoms with Gasteiger partial charge in [-0.1, -0.05) is 13.8 Å². The van der Waals surface area contributed by atoms with Crippen LogP contribution < -0.4 is 5.32 Å². The smallest absolute Gasteiger partial charge is 0.0328 e. The lowest BCUT2D eigenvalue weighted by Gasteiger charge is -2.25. The van der Waals surface area contributed by atoms with Gasteiger partial charge in [-0.25, -0.2) is 0 Å². The van der Waals surface area contributed by atoms with Crippen molar-refractivity contribution >= 4 is 11.3 Å². The number of fused-ring (bicyclic) bond motifs is 1. The van der Waals surface area contributed by atoms with E-state index in [0.717, 1.165) is 19.1 Å². The van der Waals surface area contributed by atoms with E-state index in [4.69, 9.17) is 0 Å². The van der Waals surface area contributed by atoms with Crippen molar-refractivity contribution in [1.29, 1.82) is 0 Å². The van der Waals surface area contributed by atoms with Crippen molar-refractivity contribution in [2.75, 3.05) is 26.2 Å². The molecule has 2 saturated heterocycles. The van der Waals surface area contributed by atoms with Gasteiger partial charge in [-0.2, -0.15) is 0 Å². The molecule has 0 aromatic carbocycles. The van der Waals surface area contributed by atoms with E-state index in [1.54, 1.807) is 0 Å². The molecule has 118 valence electrons. The van der Waals surface area contributed by atoms with Gasteiger partial charge in [0.15, 0.2) is 0 Å². The topological polar surface area (TPSA) is 18.5 Å². The minimum Gasteiger partial charge on any atom is -0.310 e. The first-order chi connectivity index (χ1) is 10.2. The molecule has 4 heteroatoms. The maximum Gasteiger partial charge on any atom is 0.0328 e. The fraction of sp³-hybridized carbons (Fsp3) is 0.765. The number of nitrogens with one attached hydrogen (secondary N) is 1. The third kappa shape index (κ3) is 4.28. The third-order valence-electron chi connectivity index (χ3n) is 4.67. The average molecular weight is 308 g/mol. The first-order valence-corrected chi connectivity index (χ1v) is 9.30. The van der Waals surface area contributed by atoms with Crippen molar-refractivity contribution in [3.63, 3.8) is 0 Å². The second-order valence-corrected chi connectivity index (χ2v) is 8.08. The summed E-state index contributed by atoms with van der Waals surface area (Å²) < 4.78 is 0. The maximum atomic E-state index is 3.51. The van der Waals surface area contributed by atoms with Gasteiger partial charge < -0.3 is 5.32 Å². The normalized spacial score (nSPS) is 24.4. The van der Waals surface area contributed by atoms with Gasteiger partial charge in [-0.05, 0) is 51.0 Å². The van der Waals surface area contributed by atoms with E-state index in [1.807, 2.05) is 11.3 Å². The van der Waals surface area contributed by atoms with Crippen LogP contribution in [0.5, 0.6) is 0 Å². The monoisotopic (exact) mass is 307 g/mol. The van der Waals surface area contributed by atoms with Gasteiger partial charge in [0.1, 0.15) is 0 Å². The predicted octanol–water partition coefficient (Wildman–Crippen LogP) is 2.92. The number of nitrogens with zero attached hydrogens (tertiary/aromatic N) is 2. The van der Waals surface area contributed by atoms with E-state index < -0.39 is 0 Å². The molecular formula is C17H29N3S. The number of rotatable bonds is 5. The first-order valence-electron chi connectivity index (χ1n) is 8.48. The lowest BCUT2D eigenvalue weighted by Crippen LogP contribution is -2.36. The highest BCUT2D eigenvalue weighted by atomic mass is 32.1. The zero-order chi connectivity index (χ0) is 14.7. The van der Waals surface area contributed by atoms with Gasteiger partial charge in [-0.3, -0.25) is 9.80 Å². The molecule has 0 radical (unpaired) electrons. The van der Waals surface area contributed by atoms with Crippen molar-refractivity contribution < 1.29 is 0 Å². The Morgan fingerprint density at radius 2 is 2.00 bits per heavy atom. The second-order valence-electron chi connectivity index (χ2n) is 6.82. The Labute approximate surface area is 133 Å². The summed E-state index contributed by atoms with van der Waals surface area (Å²) in [6.07, 6.45) is 4.15. The van der Waals surface area contributed by atoms with Crippen molar-refractivity contribution in [3.05, 3.63) is 21.9 Å². The molecule has 0 aliphatic carbocycles. The molecule has 0 spiro atoms. The van der Waals surface area contributed by atoms with Crippen LogP contribution in [0.4, 0.5) is 0 Å². The largest absolute Gasteiger partial charge is 0.310 e. The quantitative estimate of drug-likeness (QED) is 0.902. The highest BCUT2D eigenvalue weighted by molar-refractivity contribution is 7.11. The van der Waals surface area contributed by atoms with Gasteiger partial charge in [-0.15, -0.1) is 11.3 Å². The summed E-state index contributed by atoms with van der Waals surface area (Å²) in [4.78, 5) is 8.39. The Bertz CT molecular complexity index is 443. The van der Waals surface area contributed by atoms with Gasteiger partial charge in [0, 0.05) is 41.5 Å². The minimum absolute atomic E-state index is 0.564. The Morgan fingerprint density at radius 3 is 2.86 bits per heavy atom. The van der Waals surface area contributed by atoms with Crippen LogP contribution in [0.3, 0.4) is 0 Å². The van der Waals surface area contributed by atoms with Crippen molar-refractivity contribution in [3.8, 4) is 0 Å². The molecule has 3 heterocycles. The molecule has 3 nitrogen and oxygen atoms in total. The van der Waals surface area contributed by atoms with E-state index in [2.05, 4.69) is 41.1 Å². The fourth-order valence-corrected chi connectivity index (χ4v) is 4.57. The van der Waals surface area contributed by atoms with Gasteiger partial charge in [0.2, 0.25) is 0 Å². The van der Waals surface area contributed by atoms with Crippen LogP contribution in [0.15, 0.2) is 12.1 Å². The molecule has 3 rings (SSSR count). The highest BCUT2D eigenvalue weighted by Gasteiger charge is 2.28. The lowest BCUT2D eigenvalue weighted by atomic mass is 10.2. The summed E-state index contributed by atoms with van der Waals surface area (Å²) >= 11 is 1.98. The molecule has 0 bridgehead atoms. The van der Waals surface area contributed by atoms with Crippen LogP contribution >= 0.6 is 11.3 Å². The Morgan fingerprint density at radius 1 is 1.19 bits per heavy atom. The zero-order valence-electron chi connectivity index (χ0n) is 13.5. The molecular weight excluding hydrogens is 278 g/mol. The first kappa shape index (κ1) is 15.5. The van der Waals surface area contributed by atoms with E-state index in [0.29, 0.717) is 6.04 Å². The molecule has 0 amide bonds. The van der Waals surface area contributed by atoms with E-state index in [1.165, 1.54) is 55.2 Å². The summed E-state index contributed by atoms with van der Waals surface area (Å²) in [5.74, 6) is 0. The second kappa shape index (κ2) is 7.23. The average Bonchev–Trinajstić information content (AvgIpc) is 3.03. The van der Waals surface area contributed by atoms with Crippen LogP contribution in [0, 0.1) is 0 Å². The van der Waals surface area contributed by atoms with E-state index in [-0.39, 0.29) is 0 Å². The number of hydrogen-bond donors (Lipinski definition) is 1. The van der Waals surface area contributed by atoms with Crippen molar-refractivity contribution in [1.82, 2.24) is 15.1 Å². The molecule has 1 atom stereocenters. The van der Waals surface area contributed by atoms with Crippen molar-refractivity contribution in [2.45, 2.75) is 58.3 Å². The van der Waals surface area contributed by atoms with Gasteiger partial charge in [0.05, 0.1) is 0 Å². The fourth-order valence-electron chi connectivity index (χ4n) is 3.55. The van der Waals surface area contributed by atoms with E-state index >= 15 is 0 Å². The van der Waals surface area contributed by atoms with Gasteiger partial charge >= 0.3 is 0 Å². The molecule has 2 aliphatic rings. The summed E-state index contributed by atoms with van der Waals surface area (Å²) in [5.41, 5.74) is 0. The molecule has 2 fully saturated rings. The van der Waals surface area contributed by atoms with Crippen LogP contribution in [-0.4, -0.2) is 48.1 Å². The summed E-state index contributed by atoms with van der Waals surface area (Å²) in [6, 6.07) is 6.03. The SMILES string of the molecule is CC(C)NCc1ccc(CN2CCCN3CCCC3C2)s1. The van der Waals surface area contributed by atoms with E-state index in [9.17, 15) is 0 Å². The van der Waals surface area contributed by atoms with Crippen molar-refractivity contribution in [2.24, 2.45) is 0 Å². The van der Waals surface area contributed by atoms with Crippen LogP contribution in [0.25, 0.3) is 0 Å². The zero-order valence-corrected chi connectivity index (χ0v) is 14.3. The molecule has 21 heavy (non-hydrogen) atoms. The van der Waals surface area contributed by atoms with Crippen LogP contribution in [0.1, 0.15) is 42.9 Å².